The first-order chi connectivity index (χ1) is 14.0. The first-order valence-corrected chi connectivity index (χ1v) is 12.2. The van der Waals surface area contributed by atoms with Crippen molar-refractivity contribution in [2.45, 2.75) is 72.1 Å². The number of aryl methyl sites for hydroxylation is 1. The molecule has 0 spiro atoms. The molecule has 5 nitrogen and oxygen atoms in total. The van der Waals surface area contributed by atoms with Gasteiger partial charge in [0.15, 0.2) is 0 Å². The lowest BCUT2D eigenvalue weighted by molar-refractivity contribution is -0.131. The summed E-state index contributed by atoms with van der Waals surface area (Å²) in [6, 6.07) is 0. The zero-order valence-corrected chi connectivity index (χ0v) is 19.1. The van der Waals surface area contributed by atoms with E-state index >= 15 is 0 Å². The smallest absolute Gasteiger partial charge is 0.222 e. The molecule has 2 unspecified atom stereocenters. The van der Waals surface area contributed by atoms with Gasteiger partial charge in [-0.15, -0.1) is 11.3 Å². The van der Waals surface area contributed by atoms with Crippen LogP contribution in [0.15, 0.2) is 0 Å². The molecule has 2 aromatic rings. The first-order valence-electron chi connectivity index (χ1n) is 11.4. The highest BCUT2D eigenvalue weighted by molar-refractivity contribution is 7.19. The molecule has 2 atom stereocenters. The Morgan fingerprint density at radius 3 is 2.66 bits per heavy atom. The minimum atomic E-state index is 0.294. The molecule has 0 radical (unpaired) electrons. The average molecular weight is 415 g/mol. The van der Waals surface area contributed by atoms with E-state index in [4.69, 9.17) is 9.97 Å². The molecule has 1 fully saturated rings. The largest absolute Gasteiger partial charge is 0.352 e. The lowest BCUT2D eigenvalue weighted by atomic mass is 9.89. The number of thiophene rings is 1. The van der Waals surface area contributed by atoms with Crippen LogP contribution in [0.4, 0.5) is 5.82 Å². The number of hydrogen-bond acceptors (Lipinski definition) is 5. The van der Waals surface area contributed by atoms with Crippen LogP contribution in [0.2, 0.25) is 0 Å². The highest BCUT2D eigenvalue weighted by atomic mass is 32.1. The number of amides is 1. The van der Waals surface area contributed by atoms with Crippen LogP contribution >= 0.6 is 11.3 Å². The van der Waals surface area contributed by atoms with Gasteiger partial charge >= 0.3 is 0 Å². The van der Waals surface area contributed by atoms with E-state index in [1.165, 1.54) is 33.5 Å². The normalized spacial score (nSPS) is 20.8. The number of piperazine rings is 1. The molecule has 1 aliphatic heterocycles. The summed E-state index contributed by atoms with van der Waals surface area (Å²) in [5.41, 5.74) is 1.50. The van der Waals surface area contributed by atoms with Gasteiger partial charge in [-0.3, -0.25) is 4.79 Å². The third kappa shape index (κ3) is 4.00. The number of hydrogen-bond donors (Lipinski definition) is 0. The van der Waals surface area contributed by atoms with Crippen molar-refractivity contribution in [2.75, 3.05) is 31.1 Å². The summed E-state index contributed by atoms with van der Waals surface area (Å²) in [5, 5.41) is 1.30. The number of aromatic nitrogens is 2. The second-order valence-electron chi connectivity index (χ2n) is 8.86. The Bertz CT molecular complexity index is 885. The summed E-state index contributed by atoms with van der Waals surface area (Å²) in [5.74, 6) is 3.52. The number of nitrogens with zero attached hydrogens (tertiary/aromatic N) is 4. The van der Waals surface area contributed by atoms with Crippen LogP contribution < -0.4 is 4.90 Å². The zero-order valence-electron chi connectivity index (χ0n) is 18.3. The van der Waals surface area contributed by atoms with Crippen LogP contribution in [0.1, 0.15) is 75.6 Å². The molecule has 1 aliphatic carbocycles. The van der Waals surface area contributed by atoms with Gasteiger partial charge in [-0.2, -0.15) is 0 Å². The third-order valence-electron chi connectivity index (χ3n) is 6.60. The summed E-state index contributed by atoms with van der Waals surface area (Å²) in [6.07, 6.45) is 6.20. The monoisotopic (exact) mass is 414 g/mol. The van der Waals surface area contributed by atoms with Crippen molar-refractivity contribution in [3.8, 4) is 0 Å². The number of anilines is 1. The van der Waals surface area contributed by atoms with Crippen molar-refractivity contribution in [3.05, 3.63) is 16.3 Å². The molecule has 0 bridgehead atoms. The quantitative estimate of drug-likeness (QED) is 0.707. The molecule has 1 saturated heterocycles. The molecule has 158 valence electrons. The fourth-order valence-electron chi connectivity index (χ4n) is 4.51. The molecule has 1 amide bonds. The van der Waals surface area contributed by atoms with Crippen LogP contribution in [0.5, 0.6) is 0 Å². The SMILES string of the molecule is CCCC(=O)N1CCN(c2nc(C(C)CC)nc3sc4c(c23)CCC(C)C4)CC1. The highest BCUT2D eigenvalue weighted by Crippen LogP contribution is 2.41. The van der Waals surface area contributed by atoms with Crippen molar-refractivity contribution < 1.29 is 4.79 Å². The van der Waals surface area contributed by atoms with E-state index in [9.17, 15) is 4.79 Å². The molecule has 0 aromatic carbocycles. The molecular formula is C23H34N4OS. The summed E-state index contributed by atoms with van der Waals surface area (Å²) in [4.78, 5) is 29.6. The average Bonchev–Trinajstić information content (AvgIpc) is 3.10. The van der Waals surface area contributed by atoms with Gasteiger partial charge in [-0.25, -0.2) is 9.97 Å². The Labute approximate surface area is 178 Å². The second-order valence-corrected chi connectivity index (χ2v) is 9.95. The Morgan fingerprint density at radius 1 is 1.21 bits per heavy atom. The van der Waals surface area contributed by atoms with Crippen molar-refractivity contribution in [1.82, 2.24) is 14.9 Å². The Hall–Kier alpha value is -1.69. The van der Waals surface area contributed by atoms with Gasteiger partial charge in [0, 0.05) is 43.4 Å². The maximum absolute atomic E-state index is 12.3. The molecule has 3 heterocycles. The number of carbonyl (C=O) groups excluding carboxylic acids is 1. The third-order valence-corrected chi connectivity index (χ3v) is 7.75. The number of fused-ring (bicyclic) bond motifs is 3. The lowest BCUT2D eigenvalue weighted by Gasteiger charge is -2.36. The zero-order chi connectivity index (χ0) is 20.5. The van der Waals surface area contributed by atoms with Crippen LogP contribution in [-0.4, -0.2) is 47.0 Å². The molecule has 0 N–H and O–H groups in total. The summed E-state index contributed by atoms with van der Waals surface area (Å²) < 4.78 is 0. The van der Waals surface area contributed by atoms with E-state index in [1.807, 2.05) is 16.2 Å². The maximum Gasteiger partial charge on any atom is 0.222 e. The Balaban J connectivity index is 1.70. The topological polar surface area (TPSA) is 49.3 Å². The standard InChI is InChI=1S/C23H34N4OS/c1-5-7-19(28)26-10-12-27(13-11-26)22-20-17-9-8-15(3)14-18(17)29-23(20)25-21(24-22)16(4)6-2/h15-16H,5-14H2,1-4H3. The molecule has 0 saturated carbocycles. The van der Waals surface area contributed by atoms with Crippen LogP contribution in [0.3, 0.4) is 0 Å². The minimum absolute atomic E-state index is 0.294. The number of rotatable bonds is 5. The highest BCUT2D eigenvalue weighted by Gasteiger charge is 2.28. The number of carbonyl (C=O) groups is 1. The Morgan fingerprint density at radius 2 is 1.97 bits per heavy atom. The van der Waals surface area contributed by atoms with Gasteiger partial charge in [-0.05, 0) is 43.6 Å². The van der Waals surface area contributed by atoms with Crippen molar-refractivity contribution >= 4 is 33.3 Å². The second kappa shape index (κ2) is 8.58. The predicted octanol–water partition coefficient (Wildman–Crippen LogP) is 4.78. The first kappa shape index (κ1) is 20.6. The molecule has 6 heteroatoms. The fraction of sp³-hybridized carbons (Fsp3) is 0.696. The van der Waals surface area contributed by atoms with Gasteiger partial charge in [0.1, 0.15) is 16.5 Å². The van der Waals surface area contributed by atoms with Gasteiger partial charge in [0.05, 0.1) is 5.39 Å². The molecule has 2 aliphatic rings. The maximum atomic E-state index is 12.3. The van der Waals surface area contributed by atoms with Crippen molar-refractivity contribution in [1.29, 1.82) is 0 Å². The van der Waals surface area contributed by atoms with Gasteiger partial charge in [0.2, 0.25) is 5.91 Å². The molecule has 2 aromatic heterocycles. The predicted molar refractivity (Wildman–Crippen MR) is 121 cm³/mol. The van der Waals surface area contributed by atoms with E-state index in [0.717, 1.165) is 63.0 Å². The lowest BCUT2D eigenvalue weighted by Crippen LogP contribution is -2.49. The van der Waals surface area contributed by atoms with Crippen LogP contribution in [0.25, 0.3) is 10.2 Å². The van der Waals surface area contributed by atoms with Gasteiger partial charge in [0.25, 0.3) is 0 Å². The molecule has 4 rings (SSSR count). The van der Waals surface area contributed by atoms with E-state index in [-0.39, 0.29) is 0 Å². The Kier molecular flexibility index (Phi) is 6.09. The molecular weight excluding hydrogens is 380 g/mol. The van der Waals surface area contributed by atoms with E-state index in [0.29, 0.717) is 18.2 Å². The van der Waals surface area contributed by atoms with E-state index < -0.39 is 0 Å². The van der Waals surface area contributed by atoms with Gasteiger partial charge in [-0.1, -0.05) is 27.7 Å². The summed E-state index contributed by atoms with van der Waals surface area (Å²) >= 11 is 1.89. The van der Waals surface area contributed by atoms with Crippen molar-refractivity contribution in [3.63, 3.8) is 0 Å². The van der Waals surface area contributed by atoms with Gasteiger partial charge < -0.3 is 9.80 Å². The van der Waals surface area contributed by atoms with E-state index in [1.54, 1.807) is 0 Å². The van der Waals surface area contributed by atoms with Crippen LogP contribution in [-0.2, 0) is 17.6 Å². The fourth-order valence-corrected chi connectivity index (χ4v) is 5.89. The summed E-state index contributed by atoms with van der Waals surface area (Å²) in [7, 11) is 0. The summed E-state index contributed by atoms with van der Waals surface area (Å²) in [6.45, 7) is 12.2. The van der Waals surface area contributed by atoms with Crippen LogP contribution in [0, 0.1) is 5.92 Å². The molecule has 29 heavy (non-hydrogen) atoms. The van der Waals surface area contributed by atoms with Crippen molar-refractivity contribution in [2.24, 2.45) is 5.92 Å². The minimum Gasteiger partial charge on any atom is -0.352 e. The van der Waals surface area contributed by atoms with E-state index in [2.05, 4.69) is 32.6 Å².